The van der Waals surface area contributed by atoms with Crippen molar-refractivity contribution < 1.29 is 0 Å². The summed E-state index contributed by atoms with van der Waals surface area (Å²) in [5.41, 5.74) is 5.89. The fraction of sp³-hybridized carbons (Fsp3) is 0.364. The van der Waals surface area contributed by atoms with Gasteiger partial charge in [-0.1, -0.05) is 24.8 Å². The Morgan fingerprint density at radius 1 is 1.58 bits per heavy atom. The standard InChI is InChI=1S/C11H15N/c1-3-4-5-11-6-7-12-9-10(2)8-11/h3-5,12H,1,6-7,9H2,2H3/b5-4-. The van der Waals surface area contributed by atoms with Crippen LogP contribution in [0.1, 0.15) is 13.3 Å². The van der Waals surface area contributed by atoms with E-state index in [0.717, 1.165) is 19.5 Å². The molecule has 1 nitrogen and oxygen atoms in total. The summed E-state index contributed by atoms with van der Waals surface area (Å²) in [5, 5.41) is 3.32. The predicted molar refractivity (Wildman–Crippen MR) is 53.0 cm³/mol. The van der Waals surface area contributed by atoms with Gasteiger partial charge in [-0.05, 0) is 24.5 Å². The van der Waals surface area contributed by atoms with Crippen LogP contribution in [-0.2, 0) is 0 Å². The summed E-state index contributed by atoms with van der Waals surface area (Å²) < 4.78 is 0. The van der Waals surface area contributed by atoms with Crippen LogP contribution in [0.15, 0.2) is 41.7 Å². The normalized spacial score (nSPS) is 18.4. The van der Waals surface area contributed by atoms with Gasteiger partial charge >= 0.3 is 0 Å². The predicted octanol–water partition coefficient (Wildman–Crippen LogP) is 2.19. The molecule has 1 heteroatoms. The van der Waals surface area contributed by atoms with Gasteiger partial charge in [0.05, 0.1) is 0 Å². The largest absolute Gasteiger partial charge is 0.312 e. The van der Waals surface area contributed by atoms with E-state index in [-0.39, 0.29) is 0 Å². The van der Waals surface area contributed by atoms with E-state index < -0.39 is 0 Å². The average molecular weight is 161 g/mol. The van der Waals surface area contributed by atoms with E-state index in [1.165, 1.54) is 11.1 Å². The Morgan fingerprint density at radius 2 is 2.42 bits per heavy atom. The molecule has 0 bridgehead atoms. The second-order valence-corrected chi connectivity index (χ2v) is 2.95. The van der Waals surface area contributed by atoms with E-state index in [9.17, 15) is 0 Å². The molecular weight excluding hydrogens is 146 g/mol. The summed E-state index contributed by atoms with van der Waals surface area (Å²) in [6, 6.07) is 0. The van der Waals surface area contributed by atoms with Gasteiger partial charge < -0.3 is 5.32 Å². The minimum atomic E-state index is 0.964. The van der Waals surface area contributed by atoms with E-state index in [1.54, 1.807) is 6.08 Å². The van der Waals surface area contributed by atoms with Gasteiger partial charge in [0.15, 0.2) is 0 Å². The molecule has 0 unspecified atom stereocenters. The monoisotopic (exact) mass is 161 g/mol. The Kier molecular flexibility index (Phi) is 3.59. The Labute approximate surface area is 74.2 Å². The highest BCUT2D eigenvalue weighted by atomic mass is 14.8. The molecule has 1 aliphatic heterocycles. The second kappa shape index (κ2) is 4.76. The molecule has 64 valence electrons. The van der Waals surface area contributed by atoms with Crippen LogP contribution < -0.4 is 5.32 Å². The first-order chi connectivity index (χ1) is 5.83. The van der Waals surface area contributed by atoms with Crippen molar-refractivity contribution in [2.45, 2.75) is 13.3 Å². The van der Waals surface area contributed by atoms with E-state index in [2.05, 4.69) is 30.6 Å². The molecule has 0 aromatic heterocycles. The zero-order valence-electron chi connectivity index (χ0n) is 7.56. The van der Waals surface area contributed by atoms with Gasteiger partial charge in [0.1, 0.15) is 0 Å². The molecule has 0 fully saturated rings. The summed E-state index contributed by atoms with van der Waals surface area (Å²) in [6.45, 7) is 7.74. The zero-order chi connectivity index (χ0) is 8.81. The van der Waals surface area contributed by atoms with Gasteiger partial charge in [-0.15, -0.1) is 5.73 Å². The fourth-order valence-corrected chi connectivity index (χ4v) is 1.19. The molecule has 0 spiro atoms. The average Bonchev–Trinajstić information content (AvgIpc) is 2.26. The van der Waals surface area contributed by atoms with Crippen LogP contribution in [0.5, 0.6) is 0 Å². The lowest BCUT2D eigenvalue weighted by Gasteiger charge is -1.97. The highest BCUT2D eigenvalue weighted by Crippen LogP contribution is 2.05. The van der Waals surface area contributed by atoms with Gasteiger partial charge in [-0.25, -0.2) is 0 Å². The minimum absolute atomic E-state index is 0.964. The van der Waals surface area contributed by atoms with Crippen LogP contribution in [0.3, 0.4) is 0 Å². The van der Waals surface area contributed by atoms with E-state index >= 15 is 0 Å². The number of hydrogen-bond donors (Lipinski definition) is 1. The van der Waals surface area contributed by atoms with Crippen LogP contribution in [0, 0.1) is 0 Å². The van der Waals surface area contributed by atoms with Crippen molar-refractivity contribution in [2.75, 3.05) is 13.1 Å². The third-order valence-electron chi connectivity index (χ3n) is 1.77. The summed E-state index contributed by atoms with van der Waals surface area (Å²) in [6.07, 6.45) is 6.88. The van der Waals surface area contributed by atoms with Gasteiger partial charge in [-0.2, -0.15) is 0 Å². The third kappa shape index (κ3) is 2.91. The summed E-state index contributed by atoms with van der Waals surface area (Å²) in [7, 11) is 0. The Hall–Kier alpha value is -1.04. The highest BCUT2D eigenvalue weighted by Gasteiger charge is 1.97. The molecule has 0 saturated carbocycles. The maximum atomic E-state index is 3.64. The molecular formula is C11H15N. The van der Waals surface area contributed by atoms with E-state index in [1.807, 2.05) is 6.08 Å². The van der Waals surface area contributed by atoms with Crippen molar-refractivity contribution in [3.8, 4) is 0 Å². The molecule has 1 rings (SSSR count). The molecule has 0 aliphatic carbocycles. The SMILES string of the molecule is C=C/C=C\C1=C=C(C)CNCC1. The quantitative estimate of drug-likeness (QED) is 0.483. The van der Waals surface area contributed by atoms with Gasteiger partial charge in [0.2, 0.25) is 0 Å². The number of hydrogen-bond acceptors (Lipinski definition) is 1. The Bertz CT molecular complexity index is 252. The van der Waals surface area contributed by atoms with Crippen LogP contribution >= 0.6 is 0 Å². The van der Waals surface area contributed by atoms with Gasteiger partial charge in [0.25, 0.3) is 0 Å². The van der Waals surface area contributed by atoms with Crippen molar-refractivity contribution in [2.24, 2.45) is 0 Å². The van der Waals surface area contributed by atoms with E-state index in [0.29, 0.717) is 0 Å². The van der Waals surface area contributed by atoms with E-state index in [4.69, 9.17) is 0 Å². The number of allylic oxidation sites excluding steroid dienone is 3. The summed E-state index contributed by atoms with van der Waals surface area (Å²) in [4.78, 5) is 0. The first kappa shape index (κ1) is 9.05. The van der Waals surface area contributed by atoms with Crippen LogP contribution in [0.25, 0.3) is 0 Å². The van der Waals surface area contributed by atoms with Gasteiger partial charge in [-0.3, -0.25) is 0 Å². The Morgan fingerprint density at radius 3 is 3.17 bits per heavy atom. The molecule has 1 N–H and O–H groups in total. The summed E-state index contributed by atoms with van der Waals surface area (Å²) in [5.74, 6) is 0. The number of rotatable bonds is 2. The van der Waals surface area contributed by atoms with Crippen molar-refractivity contribution in [3.05, 3.63) is 41.7 Å². The molecule has 0 amide bonds. The van der Waals surface area contributed by atoms with Crippen molar-refractivity contribution in [1.29, 1.82) is 0 Å². The van der Waals surface area contributed by atoms with Crippen molar-refractivity contribution >= 4 is 0 Å². The lowest BCUT2D eigenvalue weighted by Crippen LogP contribution is -2.15. The molecule has 0 saturated heterocycles. The highest BCUT2D eigenvalue weighted by molar-refractivity contribution is 5.24. The minimum Gasteiger partial charge on any atom is -0.312 e. The molecule has 12 heavy (non-hydrogen) atoms. The summed E-state index contributed by atoms with van der Waals surface area (Å²) >= 11 is 0. The van der Waals surface area contributed by atoms with Crippen LogP contribution in [-0.4, -0.2) is 13.1 Å². The maximum absolute atomic E-state index is 3.64. The molecule has 1 heterocycles. The van der Waals surface area contributed by atoms with Gasteiger partial charge in [0, 0.05) is 13.1 Å². The van der Waals surface area contributed by atoms with Crippen molar-refractivity contribution in [1.82, 2.24) is 5.32 Å². The Balaban J connectivity index is 2.77. The smallest absolute Gasteiger partial charge is 0.0237 e. The molecule has 0 aromatic carbocycles. The molecule has 0 radical (unpaired) electrons. The fourth-order valence-electron chi connectivity index (χ4n) is 1.19. The lowest BCUT2D eigenvalue weighted by molar-refractivity contribution is 0.742. The first-order valence-electron chi connectivity index (χ1n) is 4.28. The van der Waals surface area contributed by atoms with Crippen molar-refractivity contribution in [3.63, 3.8) is 0 Å². The first-order valence-corrected chi connectivity index (χ1v) is 4.28. The topological polar surface area (TPSA) is 12.0 Å². The molecule has 0 aromatic rings. The number of nitrogens with one attached hydrogen (secondary N) is 1. The van der Waals surface area contributed by atoms with Crippen LogP contribution in [0.4, 0.5) is 0 Å². The maximum Gasteiger partial charge on any atom is 0.0237 e. The lowest BCUT2D eigenvalue weighted by atomic mass is 10.2. The molecule has 1 aliphatic rings. The second-order valence-electron chi connectivity index (χ2n) is 2.95. The zero-order valence-corrected chi connectivity index (χ0v) is 7.56. The van der Waals surface area contributed by atoms with Crippen LogP contribution in [0.2, 0.25) is 0 Å². The third-order valence-corrected chi connectivity index (χ3v) is 1.77. The molecule has 0 atom stereocenters.